The van der Waals surface area contributed by atoms with Gasteiger partial charge >= 0.3 is 6.01 Å². The topological polar surface area (TPSA) is 63.6 Å². The molecule has 0 spiro atoms. The average Bonchev–Trinajstić information content (AvgIpc) is 3.42. The molecule has 7 nitrogen and oxygen atoms in total. The SMILES string of the molecule is C[C@@H]1Oc2nc(Cl)c(F)c3nc(OC[C@@]45CCCN4C[C@H](F)C5)nc(c23)N2CCC[C@@H]12. The maximum Gasteiger partial charge on any atom is 0.319 e. The molecule has 0 unspecified atom stereocenters. The van der Waals surface area contributed by atoms with Crippen molar-refractivity contribution < 1.29 is 18.3 Å². The minimum atomic E-state index is -0.847. The van der Waals surface area contributed by atoms with E-state index in [1.54, 1.807) is 0 Å². The first-order valence-electron chi connectivity index (χ1n) is 11.0. The number of pyridine rings is 1. The zero-order chi connectivity index (χ0) is 21.3. The van der Waals surface area contributed by atoms with Crippen LogP contribution in [-0.4, -0.2) is 69.9 Å². The molecule has 0 radical (unpaired) electrons. The third-order valence-electron chi connectivity index (χ3n) is 7.31. The van der Waals surface area contributed by atoms with Gasteiger partial charge in [0.25, 0.3) is 0 Å². The van der Waals surface area contributed by atoms with Gasteiger partial charge in [-0.2, -0.15) is 15.0 Å². The molecule has 6 heterocycles. The number of hydrogen-bond donors (Lipinski definition) is 0. The first-order valence-corrected chi connectivity index (χ1v) is 11.3. The summed E-state index contributed by atoms with van der Waals surface area (Å²) in [5.74, 6) is 0.107. The zero-order valence-corrected chi connectivity index (χ0v) is 18.0. The number of aromatic nitrogens is 3. The van der Waals surface area contributed by atoms with E-state index in [1.165, 1.54) is 0 Å². The Kier molecular flexibility index (Phi) is 4.44. The summed E-state index contributed by atoms with van der Waals surface area (Å²) in [4.78, 5) is 17.5. The Bertz CT molecular complexity index is 1060. The molecular formula is C21H24ClF2N5O2. The smallest absolute Gasteiger partial charge is 0.319 e. The van der Waals surface area contributed by atoms with Crippen molar-refractivity contribution >= 4 is 28.3 Å². The lowest BCUT2D eigenvalue weighted by molar-refractivity contribution is 0.107. The maximum atomic E-state index is 15.0. The summed E-state index contributed by atoms with van der Waals surface area (Å²) in [7, 11) is 0. The second kappa shape index (κ2) is 7.00. The number of hydrogen-bond acceptors (Lipinski definition) is 7. The minimum absolute atomic E-state index is 0.0466. The van der Waals surface area contributed by atoms with Gasteiger partial charge in [-0.25, -0.2) is 8.78 Å². The van der Waals surface area contributed by atoms with Crippen LogP contribution in [0.4, 0.5) is 14.6 Å². The van der Waals surface area contributed by atoms with Crippen molar-refractivity contribution in [2.75, 3.05) is 31.1 Å². The molecule has 10 heteroatoms. The lowest BCUT2D eigenvalue weighted by Crippen LogP contribution is -2.43. The van der Waals surface area contributed by atoms with Gasteiger partial charge in [-0.15, -0.1) is 0 Å². The summed E-state index contributed by atoms with van der Waals surface area (Å²) in [6.07, 6.45) is 3.29. The molecule has 31 heavy (non-hydrogen) atoms. The van der Waals surface area contributed by atoms with Crippen LogP contribution in [0, 0.1) is 5.82 Å². The summed E-state index contributed by atoms with van der Waals surface area (Å²) >= 11 is 6.06. The molecule has 4 aliphatic rings. The number of rotatable bonds is 3. The highest BCUT2D eigenvalue weighted by Gasteiger charge is 2.49. The van der Waals surface area contributed by atoms with E-state index in [0.717, 1.165) is 38.8 Å². The van der Waals surface area contributed by atoms with Crippen LogP contribution in [-0.2, 0) is 0 Å². The Morgan fingerprint density at radius 1 is 1.26 bits per heavy atom. The fourth-order valence-corrected chi connectivity index (χ4v) is 6.05. The summed E-state index contributed by atoms with van der Waals surface area (Å²) in [6.45, 7) is 4.36. The molecule has 0 saturated carbocycles. The summed E-state index contributed by atoms with van der Waals surface area (Å²) in [5.41, 5.74) is -0.287. The number of nitrogens with zero attached hydrogens (tertiary/aromatic N) is 5. The van der Waals surface area contributed by atoms with Crippen LogP contribution in [0.25, 0.3) is 10.9 Å². The Hall–Kier alpha value is -2.00. The van der Waals surface area contributed by atoms with E-state index in [1.807, 2.05) is 6.92 Å². The van der Waals surface area contributed by atoms with Gasteiger partial charge in [0.05, 0.1) is 11.6 Å². The molecule has 2 aromatic rings. The van der Waals surface area contributed by atoms with E-state index in [4.69, 9.17) is 21.1 Å². The first-order chi connectivity index (χ1) is 14.9. The molecule has 0 N–H and O–H groups in total. The standard InChI is InChI=1S/C21H24ClF2N5O2/c1-11-13-4-2-7-29(13)18-14-16(15(24)17(22)26-19(14)31-11)25-20(27-18)30-10-21-5-3-6-28(21)9-12(23)8-21/h11-13H,2-10H2,1H3/t11-,12+,13-,21-/m0/s1. The van der Waals surface area contributed by atoms with Crippen molar-refractivity contribution in [3.63, 3.8) is 0 Å². The van der Waals surface area contributed by atoms with E-state index in [0.29, 0.717) is 24.2 Å². The molecule has 3 fully saturated rings. The summed E-state index contributed by atoms with van der Waals surface area (Å²) in [5, 5.41) is 0.139. The van der Waals surface area contributed by atoms with Crippen LogP contribution in [0.5, 0.6) is 11.9 Å². The zero-order valence-electron chi connectivity index (χ0n) is 17.3. The van der Waals surface area contributed by atoms with Crippen molar-refractivity contribution in [3.8, 4) is 11.9 Å². The molecule has 4 aliphatic heterocycles. The van der Waals surface area contributed by atoms with Crippen LogP contribution in [0.15, 0.2) is 0 Å². The van der Waals surface area contributed by atoms with E-state index in [2.05, 4.69) is 24.8 Å². The van der Waals surface area contributed by atoms with Gasteiger partial charge in [-0.3, -0.25) is 4.90 Å². The van der Waals surface area contributed by atoms with Crippen LogP contribution in [0.2, 0.25) is 5.15 Å². The van der Waals surface area contributed by atoms with Crippen LogP contribution >= 0.6 is 11.6 Å². The third-order valence-corrected chi connectivity index (χ3v) is 7.56. The monoisotopic (exact) mass is 451 g/mol. The number of halogens is 3. The summed E-state index contributed by atoms with van der Waals surface area (Å²) in [6, 6.07) is 0.186. The Morgan fingerprint density at radius 2 is 2.13 bits per heavy atom. The third kappa shape index (κ3) is 2.96. The van der Waals surface area contributed by atoms with Gasteiger partial charge in [0.15, 0.2) is 11.0 Å². The normalized spacial score (nSPS) is 32.1. The predicted molar refractivity (Wildman–Crippen MR) is 111 cm³/mol. The van der Waals surface area contributed by atoms with Crippen LogP contribution < -0.4 is 14.4 Å². The molecule has 0 aliphatic carbocycles. The second-order valence-electron chi connectivity index (χ2n) is 9.17. The van der Waals surface area contributed by atoms with Crippen molar-refractivity contribution in [2.24, 2.45) is 0 Å². The van der Waals surface area contributed by atoms with Gasteiger partial charge in [-0.1, -0.05) is 11.6 Å². The molecule has 4 atom stereocenters. The number of alkyl halides is 1. The minimum Gasteiger partial charge on any atom is -0.472 e. The van der Waals surface area contributed by atoms with Gasteiger partial charge in [-0.05, 0) is 39.2 Å². The van der Waals surface area contributed by atoms with Gasteiger partial charge in [0, 0.05) is 19.5 Å². The van der Waals surface area contributed by atoms with E-state index < -0.39 is 12.0 Å². The predicted octanol–water partition coefficient (Wildman–Crippen LogP) is 3.52. The Labute approximate surface area is 183 Å². The molecule has 0 bridgehead atoms. The molecule has 6 rings (SSSR count). The number of fused-ring (bicyclic) bond motifs is 3. The van der Waals surface area contributed by atoms with Crippen LogP contribution in [0.1, 0.15) is 39.0 Å². The largest absolute Gasteiger partial charge is 0.472 e. The molecule has 2 aromatic heterocycles. The first kappa shape index (κ1) is 19.7. The quantitative estimate of drug-likeness (QED) is 0.661. The fraction of sp³-hybridized carbons (Fsp3) is 0.667. The van der Waals surface area contributed by atoms with E-state index in [-0.39, 0.29) is 46.9 Å². The second-order valence-corrected chi connectivity index (χ2v) is 9.52. The fourth-order valence-electron chi connectivity index (χ4n) is 5.88. The maximum absolute atomic E-state index is 15.0. The number of anilines is 1. The highest BCUT2D eigenvalue weighted by Crippen LogP contribution is 2.43. The van der Waals surface area contributed by atoms with Gasteiger partial charge < -0.3 is 14.4 Å². The highest BCUT2D eigenvalue weighted by atomic mass is 35.5. The molecular weight excluding hydrogens is 428 g/mol. The van der Waals surface area contributed by atoms with Gasteiger partial charge in [0.1, 0.15) is 35.6 Å². The lowest BCUT2D eigenvalue weighted by Gasteiger charge is -2.31. The van der Waals surface area contributed by atoms with Crippen molar-refractivity contribution in [1.82, 2.24) is 19.9 Å². The van der Waals surface area contributed by atoms with Crippen molar-refractivity contribution in [1.29, 1.82) is 0 Å². The highest BCUT2D eigenvalue weighted by molar-refractivity contribution is 6.30. The van der Waals surface area contributed by atoms with Crippen molar-refractivity contribution in [3.05, 3.63) is 11.0 Å². The Balaban J connectivity index is 1.43. The number of ether oxygens (including phenoxy) is 2. The summed E-state index contributed by atoms with van der Waals surface area (Å²) < 4.78 is 41.2. The van der Waals surface area contributed by atoms with E-state index in [9.17, 15) is 4.39 Å². The van der Waals surface area contributed by atoms with Crippen molar-refractivity contribution in [2.45, 2.75) is 62.9 Å². The molecule has 0 amide bonds. The lowest BCUT2D eigenvalue weighted by atomic mass is 9.95. The van der Waals surface area contributed by atoms with Gasteiger partial charge in [0.2, 0.25) is 5.88 Å². The Morgan fingerprint density at radius 3 is 3.00 bits per heavy atom. The molecule has 166 valence electrons. The van der Waals surface area contributed by atoms with Crippen LogP contribution in [0.3, 0.4) is 0 Å². The molecule has 0 aromatic carbocycles. The molecule has 3 saturated heterocycles. The van der Waals surface area contributed by atoms with E-state index >= 15 is 4.39 Å². The average molecular weight is 452 g/mol.